The van der Waals surface area contributed by atoms with Gasteiger partial charge in [0, 0.05) is 18.2 Å². The molecule has 0 aliphatic rings. The minimum Gasteiger partial charge on any atom is -0.490 e. The molecule has 2 rings (SSSR count). The molecule has 1 aromatic carbocycles. The molecule has 0 bridgehead atoms. The minimum absolute atomic E-state index is 0.0252. The fourth-order valence-electron chi connectivity index (χ4n) is 1.70. The van der Waals surface area contributed by atoms with E-state index in [-0.39, 0.29) is 11.4 Å². The molecule has 92 valence electrons. The zero-order chi connectivity index (χ0) is 13.1. The van der Waals surface area contributed by atoms with Crippen LogP contribution in [0.25, 0.3) is 11.1 Å². The highest BCUT2D eigenvalue weighted by atomic mass is 16.6. The van der Waals surface area contributed by atoms with Gasteiger partial charge in [0.1, 0.15) is 7.05 Å². The monoisotopic (exact) mass is 245 g/mol. The van der Waals surface area contributed by atoms with Crippen molar-refractivity contribution in [2.75, 3.05) is 7.11 Å². The van der Waals surface area contributed by atoms with Gasteiger partial charge in [-0.25, -0.2) is 4.57 Å². The van der Waals surface area contributed by atoms with Crippen LogP contribution in [-0.4, -0.2) is 12.0 Å². The Morgan fingerprint density at radius 2 is 1.83 bits per heavy atom. The van der Waals surface area contributed by atoms with Crippen molar-refractivity contribution in [2.24, 2.45) is 7.05 Å². The average Bonchev–Trinajstić information content (AvgIpc) is 2.38. The van der Waals surface area contributed by atoms with Gasteiger partial charge in [-0.3, -0.25) is 10.1 Å². The molecule has 18 heavy (non-hydrogen) atoms. The summed E-state index contributed by atoms with van der Waals surface area (Å²) >= 11 is 0. The largest absolute Gasteiger partial charge is 0.490 e. The zero-order valence-electron chi connectivity index (χ0n) is 10.2. The molecule has 5 nitrogen and oxygen atoms in total. The highest BCUT2D eigenvalue weighted by Gasteiger charge is 2.15. The zero-order valence-corrected chi connectivity index (χ0v) is 10.2. The minimum atomic E-state index is -0.451. The van der Waals surface area contributed by atoms with Crippen molar-refractivity contribution in [1.82, 2.24) is 0 Å². The number of benzene rings is 1. The van der Waals surface area contributed by atoms with Gasteiger partial charge >= 0.3 is 5.69 Å². The van der Waals surface area contributed by atoms with Crippen molar-refractivity contribution < 1.29 is 14.2 Å². The van der Waals surface area contributed by atoms with Gasteiger partial charge in [0.2, 0.25) is 0 Å². The van der Waals surface area contributed by atoms with Crippen molar-refractivity contribution >= 4 is 5.69 Å². The van der Waals surface area contributed by atoms with Gasteiger partial charge in [-0.2, -0.15) is 0 Å². The van der Waals surface area contributed by atoms with Crippen molar-refractivity contribution in [3.05, 3.63) is 52.8 Å². The molecule has 0 radical (unpaired) electrons. The van der Waals surface area contributed by atoms with E-state index in [0.717, 1.165) is 11.1 Å². The van der Waals surface area contributed by atoms with Crippen LogP contribution in [0, 0.1) is 10.1 Å². The van der Waals surface area contributed by atoms with E-state index >= 15 is 0 Å². The average molecular weight is 245 g/mol. The van der Waals surface area contributed by atoms with Crippen LogP contribution in [0.1, 0.15) is 0 Å². The van der Waals surface area contributed by atoms with Gasteiger partial charge in [0.15, 0.2) is 18.1 Å². The van der Waals surface area contributed by atoms with Crippen LogP contribution in [0.4, 0.5) is 5.69 Å². The summed E-state index contributed by atoms with van der Waals surface area (Å²) in [6.07, 6.45) is 3.84. The fourth-order valence-corrected chi connectivity index (χ4v) is 1.70. The normalized spacial score (nSPS) is 10.1. The molecule has 0 amide bonds. The van der Waals surface area contributed by atoms with Crippen LogP contribution in [0.5, 0.6) is 5.75 Å². The predicted octanol–water partition coefficient (Wildman–Crippen LogP) is 2.09. The first-order valence-corrected chi connectivity index (χ1v) is 5.40. The van der Waals surface area contributed by atoms with E-state index in [2.05, 4.69) is 0 Å². The molecule has 2 aromatic rings. The molecule has 0 aliphatic carbocycles. The third-order valence-electron chi connectivity index (χ3n) is 2.69. The van der Waals surface area contributed by atoms with Gasteiger partial charge in [0.05, 0.1) is 12.0 Å². The number of hydrogen-bond acceptors (Lipinski definition) is 3. The van der Waals surface area contributed by atoms with E-state index in [4.69, 9.17) is 4.74 Å². The van der Waals surface area contributed by atoms with E-state index in [1.54, 1.807) is 12.1 Å². The number of rotatable bonds is 3. The predicted molar refractivity (Wildman–Crippen MR) is 66.3 cm³/mol. The maximum absolute atomic E-state index is 10.8. The van der Waals surface area contributed by atoms with E-state index in [1.165, 1.54) is 13.2 Å². The Balaban J connectivity index is 2.47. The Labute approximate surface area is 104 Å². The van der Waals surface area contributed by atoms with Crippen molar-refractivity contribution in [2.45, 2.75) is 0 Å². The lowest BCUT2D eigenvalue weighted by molar-refractivity contribution is -0.671. The van der Waals surface area contributed by atoms with Crippen LogP contribution >= 0.6 is 0 Å². The summed E-state index contributed by atoms with van der Waals surface area (Å²) < 4.78 is 6.97. The molecule has 1 aromatic heterocycles. The molecular formula is C13H13N2O3+. The third kappa shape index (κ3) is 2.29. The fraction of sp³-hybridized carbons (Fsp3) is 0.154. The summed E-state index contributed by atoms with van der Waals surface area (Å²) in [6, 6.07) is 8.74. The Morgan fingerprint density at radius 3 is 2.39 bits per heavy atom. The Kier molecular flexibility index (Phi) is 3.23. The first kappa shape index (κ1) is 12.0. The van der Waals surface area contributed by atoms with E-state index < -0.39 is 4.92 Å². The molecule has 5 heteroatoms. The lowest BCUT2D eigenvalue weighted by Crippen LogP contribution is -2.25. The van der Waals surface area contributed by atoms with Gasteiger partial charge in [-0.1, -0.05) is 0 Å². The maximum Gasteiger partial charge on any atom is 0.310 e. The number of methoxy groups -OCH3 is 1. The molecule has 0 atom stereocenters. The van der Waals surface area contributed by atoms with Crippen molar-refractivity contribution in [3.8, 4) is 16.9 Å². The molecule has 0 aliphatic heterocycles. The van der Waals surface area contributed by atoms with Crippen molar-refractivity contribution in [3.63, 3.8) is 0 Å². The molecule has 0 spiro atoms. The highest BCUT2D eigenvalue weighted by molar-refractivity contribution is 5.67. The SMILES string of the molecule is COc1cc(-c2cc[n+](C)cc2)ccc1[N+](=O)[O-]. The second-order valence-electron chi connectivity index (χ2n) is 3.90. The smallest absolute Gasteiger partial charge is 0.310 e. The van der Waals surface area contributed by atoms with Crippen LogP contribution in [0.2, 0.25) is 0 Å². The number of nitro groups is 1. The standard InChI is InChI=1S/C13H13N2O3/c1-14-7-5-10(6-8-14)11-3-4-12(15(16)17)13(9-11)18-2/h3-9H,1-2H3/q+1. The Bertz CT molecular complexity index is 579. The molecule has 0 saturated carbocycles. The van der Waals surface area contributed by atoms with Crippen LogP contribution in [0.15, 0.2) is 42.7 Å². The summed E-state index contributed by atoms with van der Waals surface area (Å²) in [4.78, 5) is 10.3. The van der Waals surface area contributed by atoms with Gasteiger partial charge in [-0.15, -0.1) is 0 Å². The van der Waals surface area contributed by atoms with E-state index in [9.17, 15) is 10.1 Å². The van der Waals surface area contributed by atoms with Crippen LogP contribution in [0.3, 0.4) is 0 Å². The number of hydrogen-bond donors (Lipinski definition) is 0. The van der Waals surface area contributed by atoms with E-state index in [0.29, 0.717) is 0 Å². The summed E-state index contributed by atoms with van der Waals surface area (Å²) in [7, 11) is 3.36. The van der Waals surface area contributed by atoms with Crippen LogP contribution in [-0.2, 0) is 7.05 Å². The Morgan fingerprint density at radius 1 is 1.17 bits per heavy atom. The summed E-state index contributed by atoms with van der Waals surface area (Å²) in [5.74, 6) is 0.269. The van der Waals surface area contributed by atoms with Crippen molar-refractivity contribution in [1.29, 1.82) is 0 Å². The molecule has 1 heterocycles. The number of ether oxygens (including phenoxy) is 1. The summed E-state index contributed by atoms with van der Waals surface area (Å²) in [6.45, 7) is 0. The second kappa shape index (κ2) is 4.83. The van der Waals surface area contributed by atoms with Crippen LogP contribution < -0.4 is 9.30 Å². The number of nitrogens with zero attached hydrogens (tertiary/aromatic N) is 2. The first-order valence-electron chi connectivity index (χ1n) is 5.40. The first-order chi connectivity index (χ1) is 8.61. The summed E-state index contributed by atoms with van der Waals surface area (Å²) in [5, 5.41) is 10.8. The number of aromatic nitrogens is 1. The number of nitro benzene ring substituents is 1. The van der Waals surface area contributed by atoms with Gasteiger partial charge < -0.3 is 4.74 Å². The molecule has 0 fully saturated rings. The van der Waals surface area contributed by atoms with Gasteiger partial charge in [-0.05, 0) is 23.3 Å². The summed E-state index contributed by atoms with van der Waals surface area (Å²) in [5.41, 5.74) is 1.85. The highest BCUT2D eigenvalue weighted by Crippen LogP contribution is 2.31. The van der Waals surface area contributed by atoms with Gasteiger partial charge in [0.25, 0.3) is 0 Å². The molecule has 0 N–H and O–H groups in total. The number of pyridine rings is 1. The number of aryl methyl sites for hydroxylation is 1. The quantitative estimate of drug-likeness (QED) is 0.472. The van der Waals surface area contributed by atoms with E-state index in [1.807, 2.05) is 36.1 Å². The molecule has 0 unspecified atom stereocenters. The maximum atomic E-state index is 10.8. The lowest BCUT2D eigenvalue weighted by Gasteiger charge is -2.05. The molecular weight excluding hydrogens is 232 g/mol. The third-order valence-corrected chi connectivity index (χ3v) is 2.69. The second-order valence-corrected chi connectivity index (χ2v) is 3.90. The molecule has 0 saturated heterocycles. The lowest BCUT2D eigenvalue weighted by atomic mass is 10.1. The topological polar surface area (TPSA) is 56.2 Å². The Hall–Kier alpha value is -2.43.